The van der Waals surface area contributed by atoms with Crippen molar-refractivity contribution >= 4 is 35.2 Å². The number of nitrogens with zero attached hydrogens (tertiary/aromatic N) is 4. The van der Waals surface area contributed by atoms with Gasteiger partial charge in [0.15, 0.2) is 0 Å². The Morgan fingerprint density at radius 1 is 1.17 bits per heavy atom. The predicted octanol–water partition coefficient (Wildman–Crippen LogP) is 4.56. The molecule has 0 N–H and O–H groups in total. The molecule has 2 saturated heterocycles. The van der Waals surface area contributed by atoms with E-state index in [1.54, 1.807) is 0 Å². The number of piperidine rings is 1. The van der Waals surface area contributed by atoms with Crippen molar-refractivity contribution in [3.05, 3.63) is 16.4 Å². The zero-order chi connectivity index (χ0) is 21.0. The van der Waals surface area contributed by atoms with E-state index in [1.165, 1.54) is 6.07 Å². The highest BCUT2D eigenvalue weighted by atomic mass is 35.5. The number of halogens is 2. The van der Waals surface area contributed by atoms with Crippen LogP contribution in [0.5, 0.6) is 0 Å². The molecule has 0 aromatic carbocycles. The number of hydrogen-bond donors (Lipinski definition) is 0. The number of ether oxygens (including phenoxy) is 2. The largest absolute Gasteiger partial charge is 0.446 e. The summed E-state index contributed by atoms with van der Waals surface area (Å²) < 4.78 is 11.2. The summed E-state index contributed by atoms with van der Waals surface area (Å²) in [5.41, 5.74) is 0. The number of aromatic nitrogens is 2. The Morgan fingerprint density at radius 2 is 1.72 bits per heavy atom. The molecule has 0 saturated carbocycles. The molecule has 3 heterocycles. The third-order valence-corrected chi connectivity index (χ3v) is 6.37. The first-order valence-electron chi connectivity index (χ1n) is 10.4. The van der Waals surface area contributed by atoms with Gasteiger partial charge in [-0.3, -0.25) is 0 Å². The lowest BCUT2D eigenvalue weighted by Crippen LogP contribution is -2.57. The quantitative estimate of drug-likeness (QED) is 0.620. The van der Waals surface area contributed by atoms with E-state index in [0.717, 1.165) is 38.5 Å². The summed E-state index contributed by atoms with van der Waals surface area (Å²) in [6, 6.07) is 1.91. The maximum absolute atomic E-state index is 13.0. The second-order valence-electron chi connectivity index (χ2n) is 7.78. The summed E-state index contributed by atoms with van der Waals surface area (Å²) in [6.07, 6.45) is 4.66. The first-order valence-corrected chi connectivity index (χ1v) is 11.2. The van der Waals surface area contributed by atoms with Crippen molar-refractivity contribution in [1.29, 1.82) is 0 Å². The Bertz CT molecular complexity index is 668. The lowest BCUT2D eigenvalue weighted by atomic mass is 9.88. The number of carbonyl (C=O) groups excluding carboxylic acids is 1. The number of rotatable bonds is 5. The minimum absolute atomic E-state index is 0.0475. The zero-order valence-electron chi connectivity index (χ0n) is 17.3. The third-order valence-electron chi connectivity index (χ3n) is 5.98. The molecule has 9 heteroatoms. The summed E-state index contributed by atoms with van der Waals surface area (Å²) >= 11 is 12.1. The van der Waals surface area contributed by atoms with Crippen LogP contribution >= 0.6 is 23.2 Å². The van der Waals surface area contributed by atoms with Crippen LogP contribution in [0, 0.1) is 0 Å². The average Bonchev–Trinajstić information content (AvgIpc) is 2.72. The SMILES string of the molecule is CC[C@@H]1C[C@@H](N(C)c2nc(Cl)cc(Cl)n2)C[C@H](CC)N1C(=O)OC1CCOCC1. The zero-order valence-corrected chi connectivity index (χ0v) is 18.8. The van der Waals surface area contributed by atoms with E-state index < -0.39 is 0 Å². The minimum Gasteiger partial charge on any atom is -0.446 e. The van der Waals surface area contributed by atoms with E-state index in [1.807, 2.05) is 16.8 Å². The minimum atomic E-state index is -0.196. The molecular weight excluding hydrogens is 415 g/mol. The van der Waals surface area contributed by atoms with Crippen molar-refractivity contribution in [2.75, 3.05) is 25.2 Å². The van der Waals surface area contributed by atoms with Crippen molar-refractivity contribution in [2.45, 2.75) is 76.6 Å². The van der Waals surface area contributed by atoms with Gasteiger partial charge in [-0.05, 0) is 25.7 Å². The summed E-state index contributed by atoms with van der Waals surface area (Å²) in [5, 5.41) is 0.645. The van der Waals surface area contributed by atoms with Crippen LogP contribution in [-0.2, 0) is 9.47 Å². The molecule has 3 rings (SSSR count). The molecule has 0 radical (unpaired) electrons. The molecule has 162 valence electrons. The van der Waals surface area contributed by atoms with Gasteiger partial charge in [0, 0.05) is 44.1 Å². The highest BCUT2D eigenvalue weighted by Gasteiger charge is 2.40. The molecule has 1 aromatic heterocycles. The number of hydrogen-bond acceptors (Lipinski definition) is 6. The van der Waals surface area contributed by atoms with Gasteiger partial charge in [0.2, 0.25) is 5.95 Å². The van der Waals surface area contributed by atoms with Crippen molar-refractivity contribution in [2.24, 2.45) is 0 Å². The maximum atomic E-state index is 13.0. The van der Waals surface area contributed by atoms with Gasteiger partial charge >= 0.3 is 6.09 Å². The molecule has 0 aliphatic carbocycles. The fraction of sp³-hybridized carbons (Fsp3) is 0.750. The number of likely N-dealkylation sites (tertiary alicyclic amines) is 1. The molecule has 2 aliphatic heterocycles. The van der Waals surface area contributed by atoms with Crippen LogP contribution in [0.2, 0.25) is 10.3 Å². The van der Waals surface area contributed by atoms with Gasteiger partial charge < -0.3 is 19.3 Å². The number of carbonyl (C=O) groups is 1. The van der Waals surface area contributed by atoms with Crippen LogP contribution < -0.4 is 4.90 Å². The Morgan fingerprint density at radius 3 is 2.24 bits per heavy atom. The molecule has 3 atom stereocenters. The Kier molecular flexibility index (Phi) is 7.82. The second-order valence-corrected chi connectivity index (χ2v) is 8.55. The van der Waals surface area contributed by atoms with E-state index in [2.05, 4.69) is 23.8 Å². The number of amides is 1. The highest BCUT2D eigenvalue weighted by Crippen LogP contribution is 2.32. The second kappa shape index (κ2) is 10.1. The van der Waals surface area contributed by atoms with Crippen molar-refractivity contribution in [3.8, 4) is 0 Å². The number of anilines is 1. The van der Waals surface area contributed by atoms with Crippen LogP contribution in [0.25, 0.3) is 0 Å². The summed E-state index contributed by atoms with van der Waals surface area (Å²) in [5.74, 6) is 0.510. The molecule has 0 spiro atoms. The van der Waals surface area contributed by atoms with Crippen LogP contribution in [0.1, 0.15) is 52.4 Å². The topological polar surface area (TPSA) is 67.8 Å². The monoisotopic (exact) mass is 444 g/mol. The van der Waals surface area contributed by atoms with Crippen LogP contribution in [-0.4, -0.2) is 65.5 Å². The smallest absolute Gasteiger partial charge is 0.410 e. The molecule has 2 aliphatic rings. The Balaban J connectivity index is 1.73. The fourth-order valence-corrected chi connectivity index (χ4v) is 4.70. The lowest BCUT2D eigenvalue weighted by Gasteiger charge is -2.47. The van der Waals surface area contributed by atoms with E-state index in [4.69, 9.17) is 32.7 Å². The van der Waals surface area contributed by atoms with E-state index >= 15 is 0 Å². The van der Waals surface area contributed by atoms with Gasteiger partial charge in [-0.25, -0.2) is 14.8 Å². The van der Waals surface area contributed by atoms with Gasteiger partial charge in [0.1, 0.15) is 16.4 Å². The molecule has 7 nitrogen and oxygen atoms in total. The predicted molar refractivity (Wildman–Crippen MR) is 114 cm³/mol. The third kappa shape index (κ3) is 5.44. The van der Waals surface area contributed by atoms with Crippen LogP contribution in [0.15, 0.2) is 6.07 Å². The molecule has 2 fully saturated rings. The van der Waals surface area contributed by atoms with Crippen LogP contribution in [0.4, 0.5) is 10.7 Å². The molecule has 1 amide bonds. The Hall–Kier alpha value is -1.31. The van der Waals surface area contributed by atoms with E-state index in [9.17, 15) is 4.79 Å². The van der Waals surface area contributed by atoms with Gasteiger partial charge in [-0.2, -0.15) is 0 Å². The summed E-state index contributed by atoms with van der Waals surface area (Å²) in [6.45, 7) is 5.53. The normalized spacial score (nSPS) is 25.7. The average molecular weight is 445 g/mol. The van der Waals surface area contributed by atoms with E-state index in [0.29, 0.717) is 29.5 Å². The highest BCUT2D eigenvalue weighted by molar-refractivity contribution is 6.33. The molecular formula is C20H30Cl2N4O3. The van der Waals surface area contributed by atoms with Crippen molar-refractivity contribution < 1.29 is 14.3 Å². The van der Waals surface area contributed by atoms with Crippen LogP contribution in [0.3, 0.4) is 0 Å². The molecule has 29 heavy (non-hydrogen) atoms. The molecule has 0 bridgehead atoms. The van der Waals surface area contributed by atoms with Gasteiger partial charge in [0.05, 0.1) is 13.2 Å². The lowest BCUT2D eigenvalue weighted by molar-refractivity contribution is -0.0272. The van der Waals surface area contributed by atoms with Crippen molar-refractivity contribution in [3.63, 3.8) is 0 Å². The standard InChI is InChI=1S/C20H30Cl2N4O3/c1-4-13-10-15(25(3)19-23-17(21)12-18(22)24-19)11-14(5-2)26(13)20(27)29-16-6-8-28-9-7-16/h12-16H,4-11H2,1-3H3/t13-,14+,15-. The first kappa shape index (κ1) is 22.4. The first-order chi connectivity index (χ1) is 13.9. The maximum Gasteiger partial charge on any atom is 0.410 e. The fourth-order valence-electron chi connectivity index (χ4n) is 4.29. The molecule has 0 unspecified atom stereocenters. The van der Waals surface area contributed by atoms with Gasteiger partial charge in [-0.15, -0.1) is 0 Å². The summed E-state index contributed by atoms with van der Waals surface area (Å²) in [7, 11) is 1.96. The Labute approximate surface area is 182 Å². The summed E-state index contributed by atoms with van der Waals surface area (Å²) in [4.78, 5) is 25.7. The van der Waals surface area contributed by atoms with Crippen molar-refractivity contribution in [1.82, 2.24) is 14.9 Å². The van der Waals surface area contributed by atoms with Gasteiger partial charge in [-0.1, -0.05) is 37.0 Å². The van der Waals surface area contributed by atoms with Gasteiger partial charge in [0.25, 0.3) is 0 Å². The molecule has 1 aromatic rings. The van der Waals surface area contributed by atoms with E-state index in [-0.39, 0.29) is 30.3 Å².